The summed E-state index contributed by atoms with van der Waals surface area (Å²) in [5, 5.41) is 5.53. The van der Waals surface area contributed by atoms with Crippen LogP contribution in [0.25, 0.3) is 0 Å². The number of rotatable bonds is 9. The maximum atomic E-state index is 12.0. The van der Waals surface area contributed by atoms with Crippen molar-refractivity contribution in [1.82, 2.24) is 0 Å². The molecule has 2 N–H and O–H groups in total. The van der Waals surface area contributed by atoms with E-state index in [1.165, 1.54) is 0 Å². The van der Waals surface area contributed by atoms with Crippen molar-refractivity contribution in [3.8, 4) is 0 Å². The number of anilines is 2. The molecule has 6 nitrogen and oxygen atoms in total. The van der Waals surface area contributed by atoms with Crippen LogP contribution in [0.4, 0.5) is 11.4 Å². The molecule has 6 heteroatoms. The molecule has 0 spiro atoms. The lowest BCUT2D eigenvalue weighted by Crippen LogP contribution is -2.22. The van der Waals surface area contributed by atoms with E-state index in [-0.39, 0.29) is 25.4 Å². The highest BCUT2D eigenvalue weighted by molar-refractivity contribution is 5.95. The first kappa shape index (κ1) is 21.2. The number of aryl methyl sites for hydroxylation is 2. The fraction of sp³-hybridized carbons (Fsp3) is 0.318. The Labute approximate surface area is 165 Å². The van der Waals surface area contributed by atoms with Crippen molar-refractivity contribution in [3.63, 3.8) is 0 Å². The van der Waals surface area contributed by atoms with Crippen molar-refractivity contribution >= 4 is 29.2 Å². The van der Waals surface area contributed by atoms with Crippen LogP contribution in [0.3, 0.4) is 0 Å². The third kappa shape index (κ3) is 6.54. The molecular formula is C22H26N2O4. The predicted molar refractivity (Wildman–Crippen MR) is 109 cm³/mol. The second-order valence-corrected chi connectivity index (χ2v) is 6.28. The van der Waals surface area contributed by atoms with Gasteiger partial charge in [0.25, 0.3) is 5.91 Å². The van der Waals surface area contributed by atoms with E-state index in [0.717, 1.165) is 29.7 Å². The lowest BCUT2D eigenvalue weighted by molar-refractivity contribution is -0.147. The van der Waals surface area contributed by atoms with Crippen LogP contribution in [0.1, 0.15) is 37.8 Å². The Morgan fingerprint density at radius 1 is 0.750 bits per heavy atom. The van der Waals surface area contributed by atoms with Gasteiger partial charge in [0.05, 0.1) is 6.42 Å². The van der Waals surface area contributed by atoms with Gasteiger partial charge in [0, 0.05) is 17.8 Å². The van der Waals surface area contributed by atoms with Crippen LogP contribution in [0.2, 0.25) is 0 Å². The van der Waals surface area contributed by atoms with Crippen LogP contribution in [0, 0.1) is 0 Å². The van der Waals surface area contributed by atoms with E-state index in [4.69, 9.17) is 4.74 Å². The Kier molecular flexibility index (Phi) is 8.21. The van der Waals surface area contributed by atoms with Gasteiger partial charge in [0.1, 0.15) is 0 Å². The summed E-state index contributed by atoms with van der Waals surface area (Å²) in [6.07, 6.45) is 1.50. The van der Waals surface area contributed by atoms with Gasteiger partial charge in [-0.15, -0.1) is 0 Å². The van der Waals surface area contributed by atoms with Crippen LogP contribution in [-0.4, -0.2) is 24.4 Å². The van der Waals surface area contributed by atoms with E-state index in [1.54, 1.807) is 6.07 Å². The quantitative estimate of drug-likeness (QED) is 0.648. The first-order valence-electron chi connectivity index (χ1n) is 9.44. The van der Waals surface area contributed by atoms with Crippen molar-refractivity contribution in [2.75, 3.05) is 17.2 Å². The third-order valence-electron chi connectivity index (χ3n) is 4.27. The maximum absolute atomic E-state index is 12.0. The SMILES string of the molecule is CCc1ccccc1NC(=O)CCC(=O)OCC(=O)Nc1ccccc1CC. The first-order valence-corrected chi connectivity index (χ1v) is 9.44. The molecule has 0 bridgehead atoms. The molecule has 0 saturated carbocycles. The summed E-state index contributed by atoms with van der Waals surface area (Å²) in [6.45, 7) is 3.62. The fourth-order valence-corrected chi connectivity index (χ4v) is 2.73. The maximum Gasteiger partial charge on any atom is 0.306 e. The van der Waals surface area contributed by atoms with E-state index < -0.39 is 11.9 Å². The molecule has 0 unspecified atom stereocenters. The summed E-state index contributed by atoms with van der Waals surface area (Å²) >= 11 is 0. The van der Waals surface area contributed by atoms with Crippen molar-refractivity contribution in [1.29, 1.82) is 0 Å². The van der Waals surface area contributed by atoms with E-state index >= 15 is 0 Å². The lowest BCUT2D eigenvalue weighted by Gasteiger charge is -2.11. The van der Waals surface area contributed by atoms with Gasteiger partial charge in [0.15, 0.2) is 6.61 Å². The summed E-state index contributed by atoms with van der Waals surface area (Å²) in [5.41, 5.74) is 3.49. The lowest BCUT2D eigenvalue weighted by atomic mass is 10.1. The molecule has 28 heavy (non-hydrogen) atoms. The fourth-order valence-electron chi connectivity index (χ4n) is 2.73. The highest BCUT2D eigenvalue weighted by Gasteiger charge is 2.12. The number of ether oxygens (including phenoxy) is 1. The first-order chi connectivity index (χ1) is 13.5. The number of benzene rings is 2. The summed E-state index contributed by atoms with van der Waals surface area (Å²) in [6, 6.07) is 15.0. The molecule has 0 aliphatic heterocycles. The van der Waals surface area contributed by atoms with Gasteiger partial charge < -0.3 is 15.4 Å². The molecule has 148 valence electrons. The molecule has 0 heterocycles. The minimum absolute atomic E-state index is 0.00281. The molecule has 0 fully saturated rings. The number of amides is 2. The van der Waals surface area contributed by atoms with Gasteiger partial charge in [-0.1, -0.05) is 50.2 Å². The van der Waals surface area contributed by atoms with Crippen molar-refractivity contribution in [2.45, 2.75) is 39.5 Å². The summed E-state index contributed by atoms with van der Waals surface area (Å²) < 4.78 is 4.96. The van der Waals surface area contributed by atoms with Gasteiger partial charge in [-0.2, -0.15) is 0 Å². The minimum atomic E-state index is -0.585. The zero-order valence-corrected chi connectivity index (χ0v) is 16.3. The average molecular weight is 382 g/mol. The number of esters is 1. The van der Waals surface area contributed by atoms with E-state index in [0.29, 0.717) is 5.69 Å². The van der Waals surface area contributed by atoms with Crippen LogP contribution < -0.4 is 10.6 Å². The number of carbonyl (C=O) groups excluding carboxylic acids is 3. The summed E-state index contributed by atoms with van der Waals surface area (Å²) in [5.74, 6) is -1.26. The van der Waals surface area contributed by atoms with Gasteiger partial charge >= 0.3 is 5.97 Å². The predicted octanol–water partition coefficient (Wildman–Crippen LogP) is 3.71. The van der Waals surface area contributed by atoms with Crippen LogP contribution in [-0.2, 0) is 32.0 Å². The second kappa shape index (κ2) is 10.9. The average Bonchev–Trinajstić information content (AvgIpc) is 2.71. The Morgan fingerprint density at radius 2 is 1.25 bits per heavy atom. The standard InChI is InChI=1S/C22H26N2O4/c1-3-16-9-5-7-11-18(16)23-20(25)13-14-22(27)28-15-21(26)24-19-12-8-6-10-17(19)4-2/h5-12H,3-4,13-15H2,1-2H3,(H,23,25)(H,24,26). The van der Waals surface area contributed by atoms with Gasteiger partial charge in [0.2, 0.25) is 5.91 Å². The van der Waals surface area contributed by atoms with Crippen molar-refractivity contribution in [2.24, 2.45) is 0 Å². The molecular weight excluding hydrogens is 356 g/mol. The molecule has 2 amide bonds. The molecule has 0 saturated heterocycles. The molecule has 0 aromatic heterocycles. The topological polar surface area (TPSA) is 84.5 Å². The number of carbonyl (C=O) groups is 3. The summed E-state index contributed by atoms with van der Waals surface area (Å²) in [7, 11) is 0. The number of hydrogen-bond acceptors (Lipinski definition) is 4. The number of para-hydroxylation sites is 2. The molecule has 0 aliphatic carbocycles. The van der Waals surface area contributed by atoms with Gasteiger partial charge in [-0.05, 0) is 36.1 Å². The van der Waals surface area contributed by atoms with Crippen molar-refractivity contribution < 1.29 is 19.1 Å². The second-order valence-electron chi connectivity index (χ2n) is 6.28. The Bertz CT molecular complexity index is 765. The highest BCUT2D eigenvalue weighted by atomic mass is 16.5. The van der Waals surface area contributed by atoms with E-state index in [1.807, 2.05) is 56.3 Å². The molecule has 2 rings (SSSR count). The van der Waals surface area contributed by atoms with Gasteiger partial charge in [-0.3, -0.25) is 14.4 Å². The monoisotopic (exact) mass is 382 g/mol. The van der Waals surface area contributed by atoms with E-state index in [9.17, 15) is 14.4 Å². The Morgan fingerprint density at radius 3 is 1.79 bits per heavy atom. The number of hydrogen-bond donors (Lipinski definition) is 2. The smallest absolute Gasteiger partial charge is 0.306 e. The van der Waals surface area contributed by atoms with Crippen molar-refractivity contribution in [3.05, 3.63) is 59.7 Å². The normalized spacial score (nSPS) is 10.2. The third-order valence-corrected chi connectivity index (χ3v) is 4.27. The highest BCUT2D eigenvalue weighted by Crippen LogP contribution is 2.16. The van der Waals surface area contributed by atoms with Crippen LogP contribution in [0.5, 0.6) is 0 Å². The zero-order chi connectivity index (χ0) is 20.4. The Balaban J connectivity index is 1.73. The largest absolute Gasteiger partial charge is 0.456 e. The van der Waals surface area contributed by atoms with Gasteiger partial charge in [-0.25, -0.2) is 0 Å². The molecule has 2 aromatic carbocycles. The zero-order valence-electron chi connectivity index (χ0n) is 16.3. The molecule has 0 atom stereocenters. The molecule has 0 radical (unpaired) electrons. The molecule has 2 aromatic rings. The number of nitrogens with one attached hydrogen (secondary N) is 2. The summed E-state index contributed by atoms with van der Waals surface area (Å²) in [4.78, 5) is 35.8. The Hall–Kier alpha value is -3.15. The minimum Gasteiger partial charge on any atom is -0.456 e. The van der Waals surface area contributed by atoms with Crippen LogP contribution in [0.15, 0.2) is 48.5 Å². The molecule has 0 aliphatic rings. The van der Waals surface area contributed by atoms with E-state index in [2.05, 4.69) is 10.6 Å². The van der Waals surface area contributed by atoms with Crippen LogP contribution >= 0.6 is 0 Å².